The second kappa shape index (κ2) is 7.99. The van der Waals surface area contributed by atoms with Crippen molar-refractivity contribution in [3.8, 4) is 17.2 Å². The lowest BCUT2D eigenvalue weighted by atomic mass is 9.89. The van der Waals surface area contributed by atoms with Gasteiger partial charge in [0.25, 0.3) is 0 Å². The fraction of sp³-hybridized carbons (Fsp3) is 0.304. The highest BCUT2D eigenvalue weighted by Gasteiger charge is 2.34. The van der Waals surface area contributed by atoms with Gasteiger partial charge in [-0.15, -0.1) is 0 Å². The summed E-state index contributed by atoms with van der Waals surface area (Å²) in [5.74, 6) is 2.35. The number of hydrogen-bond donors (Lipinski definition) is 2. The molecule has 0 unspecified atom stereocenters. The van der Waals surface area contributed by atoms with Crippen LogP contribution in [0.5, 0.6) is 17.2 Å². The minimum atomic E-state index is -0.314. The number of aromatic nitrogens is 1. The molecule has 2 aromatic carbocycles. The van der Waals surface area contributed by atoms with Crippen molar-refractivity contribution in [1.29, 1.82) is 0 Å². The fourth-order valence-corrected chi connectivity index (χ4v) is 4.08. The summed E-state index contributed by atoms with van der Waals surface area (Å²) < 4.78 is 17.0. The molecule has 1 atom stereocenters. The van der Waals surface area contributed by atoms with Gasteiger partial charge in [0.05, 0.1) is 20.3 Å². The molecule has 0 aliphatic carbocycles. The van der Waals surface area contributed by atoms with Crippen molar-refractivity contribution >= 4 is 33.9 Å². The van der Waals surface area contributed by atoms with E-state index < -0.39 is 0 Å². The summed E-state index contributed by atoms with van der Waals surface area (Å²) in [5, 5.41) is 8.25. The Kier molecular flexibility index (Phi) is 5.39. The molecule has 0 spiro atoms. The summed E-state index contributed by atoms with van der Waals surface area (Å²) in [7, 11) is 3.30. The van der Waals surface area contributed by atoms with Crippen LogP contribution < -0.4 is 24.8 Å². The van der Waals surface area contributed by atoms with Crippen LogP contribution in [0.25, 0.3) is 10.9 Å². The summed E-state index contributed by atoms with van der Waals surface area (Å²) in [6.45, 7) is 4.15. The van der Waals surface area contributed by atoms with Gasteiger partial charge in [0.2, 0.25) is 0 Å². The maximum Gasteiger partial charge on any atom is 0.171 e. The molecule has 3 aromatic rings. The smallest absolute Gasteiger partial charge is 0.171 e. The monoisotopic (exact) mass is 423 g/mol. The molecule has 6 nitrogen and oxygen atoms in total. The molecule has 0 amide bonds. The Bertz CT molecular complexity index is 1100. The van der Waals surface area contributed by atoms with Crippen molar-refractivity contribution in [3.05, 3.63) is 54.2 Å². The van der Waals surface area contributed by atoms with E-state index in [4.69, 9.17) is 26.4 Å². The van der Waals surface area contributed by atoms with E-state index in [1.54, 1.807) is 20.4 Å². The quantitative estimate of drug-likeness (QED) is 0.582. The summed E-state index contributed by atoms with van der Waals surface area (Å²) in [4.78, 5) is 4.44. The molecule has 7 heteroatoms. The van der Waals surface area contributed by atoms with Gasteiger partial charge in [-0.3, -0.25) is 4.98 Å². The molecule has 0 radical (unpaired) electrons. The number of nitrogens with one attached hydrogen (secondary N) is 2. The Hall–Kier alpha value is -3.06. The van der Waals surface area contributed by atoms with Gasteiger partial charge in [-0.25, -0.2) is 0 Å². The number of rotatable bonds is 4. The van der Waals surface area contributed by atoms with Crippen molar-refractivity contribution in [3.63, 3.8) is 0 Å². The average molecular weight is 424 g/mol. The zero-order chi connectivity index (χ0) is 21.3. The van der Waals surface area contributed by atoms with E-state index in [-0.39, 0.29) is 11.6 Å². The highest BCUT2D eigenvalue weighted by Crippen LogP contribution is 2.41. The highest BCUT2D eigenvalue weighted by atomic mass is 32.1. The average Bonchev–Trinajstić information content (AvgIpc) is 2.73. The van der Waals surface area contributed by atoms with Crippen LogP contribution in [0.15, 0.2) is 48.7 Å². The zero-order valence-electron chi connectivity index (χ0n) is 17.5. The number of pyridine rings is 1. The number of thiocarbonyl (C=S) groups is 1. The molecule has 0 saturated heterocycles. The van der Waals surface area contributed by atoms with Gasteiger partial charge in [-0.2, -0.15) is 0 Å². The van der Waals surface area contributed by atoms with Crippen LogP contribution in [-0.2, 0) is 0 Å². The van der Waals surface area contributed by atoms with Gasteiger partial charge in [-0.1, -0.05) is 0 Å². The van der Waals surface area contributed by atoms with E-state index in [1.807, 2.05) is 42.5 Å². The Labute approximate surface area is 181 Å². The van der Waals surface area contributed by atoms with Crippen molar-refractivity contribution < 1.29 is 14.2 Å². The number of nitrogens with zero attached hydrogens (tertiary/aromatic N) is 1. The van der Waals surface area contributed by atoms with Gasteiger partial charge in [0.15, 0.2) is 5.11 Å². The van der Waals surface area contributed by atoms with Crippen LogP contribution in [0.4, 0.5) is 5.69 Å². The van der Waals surface area contributed by atoms with E-state index >= 15 is 0 Å². The van der Waals surface area contributed by atoms with Crippen LogP contribution in [0.1, 0.15) is 31.9 Å². The first-order valence-corrected chi connectivity index (χ1v) is 10.2. The minimum Gasteiger partial charge on any atom is -0.497 e. The molecular formula is C23H25N3O3S. The number of benzene rings is 2. The molecule has 0 saturated carbocycles. The second-order valence-electron chi connectivity index (χ2n) is 7.84. The van der Waals surface area contributed by atoms with E-state index in [0.717, 1.165) is 45.8 Å². The topological polar surface area (TPSA) is 64.6 Å². The standard InChI is InChI=1S/C23H25N3O3S/c1-23(2)13-18(16-12-14(27-3)7-9-19(16)29-23)26-22(30)25-17-8-10-20(28-4)21-15(17)6-5-11-24-21/h5-12,18H,13H2,1-4H3,(H2,25,26,30)/t18-/m1/s1. The van der Waals surface area contributed by atoms with Gasteiger partial charge < -0.3 is 24.8 Å². The molecule has 30 heavy (non-hydrogen) atoms. The lowest BCUT2D eigenvalue weighted by Gasteiger charge is -2.38. The van der Waals surface area contributed by atoms with E-state index in [0.29, 0.717) is 5.11 Å². The van der Waals surface area contributed by atoms with Crippen LogP contribution in [-0.4, -0.2) is 29.9 Å². The third-order valence-electron chi connectivity index (χ3n) is 5.18. The lowest BCUT2D eigenvalue weighted by molar-refractivity contribution is 0.0695. The molecule has 2 N–H and O–H groups in total. The fourth-order valence-electron chi connectivity index (χ4n) is 3.83. The Morgan fingerprint density at radius 2 is 2.00 bits per heavy atom. The summed E-state index contributed by atoms with van der Waals surface area (Å²) >= 11 is 5.66. The van der Waals surface area contributed by atoms with E-state index in [9.17, 15) is 0 Å². The van der Waals surface area contributed by atoms with Crippen LogP contribution >= 0.6 is 12.2 Å². The summed E-state index contributed by atoms with van der Waals surface area (Å²) in [5.41, 5.74) is 2.37. The van der Waals surface area contributed by atoms with Crippen molar-refractivity contribution in [2.45, 2.75) is 31.9 Å². The first-order chi connectivity index (χ1) is 14.4. The van der Waals surface area contributed by atoms with Crippen molar-refractivity contribution in [2.75, 3.05) is 19.5 Å². The molecule has 1 aliphatic rings. The third-order valence-corrected chi connectivity index (χ3v) is 5.40. The van der Waals surface area contributed by atoms with Crippen LogP contribution in [0.2, 0.25) is 0 Å². The van der Waals surface area contributed by atoms with Crippen LogP contribution in [0, 0.1) is 0 Å². The normalized spacial score (nSPS) is 16.9. The number of fused-ring (bicyclic) bond motifs is 2. The number of ether oxygens (including phenoxy) is 3. The van der Waals surface area contributed by atoms with Crippen LogP contribution in [0.3, 0.4) is 0 Å². The molecule has 0 bridgehead atoms. The highest BCUT2D eigenvalue weighted by molar-refractivity contribution is 7.80. The first-order valence-electron chi connectivity index (χ1n) is 9.76. The zero-order valence-corrected chi connectivity index (χ0v) is 18.3. The summed E-state index contributed by atoms with van der Waals surface area (Å²) in [6, 6.07) is 13.6. The Morgan fingerprint density at radius 3 is 2.77 bits per heavy atom. The largest absolute Gasteiger partial charge is 0.497 e. The predicted octanol–water partition coefficient (Wildman–Crippen LogP) is 4.84. The molecular weight excluding hydrogens is 398 g/mol. The van der Waals surface area contributed by atoms with Gasteiger partial charge in [-0.05, 0) is 68.5 Å². The predicted molar refractivity (Wildman–Crippen MR) is 123 cm³/mol. The molecule has 0 fully saturated rings. The molecule has 1 aromatic heterocycles. The molecule has 4 rings (SSSR count). The molecule has 2 heterocycles. The lowest BCUT2D eigenvalue weighted by Crippen LogP contribution is -2.42. The molecule has 156 valence electrons. The van der Waals surface area contributed by atoms with Crippen molar-refractivity contribution in [1.82, 2.24) is 10.3 Å². The van der Waals surface area contributed by atoms with Gasteiger partial charge in [0.1, 0.15) is 28.4 Å². The number of hydrogen-bond acceptors (Lipinski definition) is 5. The van der Waals surface area contributed by atoms with E-state index in [2.05, 4.69) is 29.5 Å². The Balaban J connectivity index is 1.60. The van der Waals surface area contributed by atoms with Gasteiger partial charge in [0, 0.05) is 29.3 Å². The Morgan fingerprint density at radius 1 is 1.17 bits per heavy atom. The number of anilines is 1. The molecule has 1 aliphatic heterocycles. The van der Waals surface area contributed by atoms with Gasteiger partial charge >= 0.3 is 0 Å². The minimum absolute atomic E-state index is 0.0125. The first kappa shape index (κ1) is 20.2. The van der Waals surface area contributed by atoms with E-state index in [1.165, 1.54) is 0 Å². The third kappa shape index (κ3) is 3.98. The maximum absolute atomic E-state index is 6.15. The maximum atomic E-state index is 6.15. The second-order valence-corrected chi connectivity index (χ2v) is 8.24. The van der Waals surface area contributed by atoms with Crippen molar-refractivity contribution in [2.24, 2.45) is 0 Å². The number of methoxy groups -OCH3 is 2. The SMILES string of the molecule is COc1ccc2c(c1)[C@H](NC(=S)Nc1ccc(OC)c3ncccc13)CC(C)(C)O2. The summed E-state index contributed by atoms with van der Waals surface area (Å²) in [6.07, 6.45) is 2.51.